The van der Waals surface area contributed by atoms with Gasteiger partial charge in [-0.3, -0.25) is 9.59 Å². The van der Waals surface area contributed by atoms with Gasteiger partial charge in [0, 0.05) is 29.8 Å². The molecular weight excluding hydrogens is 420 g/mol. The molecule has 1 saturated carbocycles. The van der Waals surface area contributed by atoms with Crippen molar-refractivity contribution in [3.63, 3.8) is 0 Å². The third-order valence-corrected chi connectivity index (χ3v) is 6.89. The second-order valence-corrected chi connectivity index (χ2v) is 8.68. The van der Waals surface area contributed by atoms with Gasteiger partial charge in [0.15, 0.2) is 11.5 Å². The largest absolute Gasteiger partial charge is 0.496 e. The molecule has 1 N–H and O–H groups in total. The lowest BCUT2D eigenvalue weighted by Crippen LogP contribution is -2.49. The molecule has 2 aliphatic rings. The van der Waals surface area contributed by atoms with Gasteiger partial charge in [-0.15, -0.1) is 0 Å². The molecule has 7 heteroatoms. The topological polar surface area (TPSA) is 77.1 Å². The normalized spacial score (nSPS) is 21.8. The zero-order valence-electron chi connectivity index (χ0n) is 19.5. The molecule has 3 atom stereocenters. The molecule has 0 radical (unpaired) electrons. The molecule has 2 fully saturated rings. The third-order valence-electron chi connectivity index (χ3n) is 6.89. The first-order chi connectivity index (χ1) is 16.1. The summed E-state index contributed by atoms with van der Waals surface area (Å²) in [6, 6.07) is 12.5. The van der Waals surface area contributed by atoms with Crippen molar-refractivity contribution in [1.29, 1.82) is 0 Å². The van der Waals surface area contributed by atoms with Crippen molar-refractivity contribution in [3.8, 4) is 17.2 Å². The summed E-state index contributed by atoms with van der Waals surface area (Å²) in [6.45, 7) is 0.265. The number of rotatable bonds is 7. The highest BCUT2D eigenvalue weighted by atomic mass is 16.5. The van der Waals surface area contributed by atoms with E-state index in [1.54, 1.807) is 33.5 Å². The van der Waals surface area contributed by atoms with Crippen LogP contribution >= 0.6 is 0 Å². The number of carbonyl (C=O) groups excluding carboxylic acids is 2. The van der Waals surface area contributed by atoms with E-state index in [1.165, 1.54) is 0 Å². The first-order valence-electron chi connectivity index (χ1n) is 11.5. The Morgan fingerprint density at radius 2 is 1.61 bits per heavy atom. The minimum absolute atomic E-state index is 0.0613. The molecule has 0 bridgehead atoms. The summed E-state index contributed by atoms with van der Waals surface area (Å²) in [4.78, 5) is 28.7. The molecule has 2 amide bonds. The van der Waals surface area contributed by atoms with Gasteiger partial charge in [0.1, 0.15) is 11.8 Å². The molecule has 4 rings (SSSR count). The van der Waals surface area contributed by atoms with Crippen LogP contribution in [0.1, 0.15) is 48.0 Å². The Balaban J connectivity index is 1.54. The maximum Gasteiger partial charge on any atom is 0.254 e. The van der Waals surface area contributed by atoms with E-state index >= 15 is 0 Å². The Morgan fingerprint density at radius 3 is 2.30 bits per heavy atom. The van der Waals surface area contributed by atoms with E-state index in [0.29, 0.717) is 35.2 Å². The molecule has 1 saturated heterocycles. The number of fused-ring (bicyclic) bond motifs is 1. The summed E-state index contributed by atoms with van der Waals surface area (Å²) in [6.07, 6.45) is 4.98. The predicted octanol–water partition coefficient (Wildman–Crippen LogP) is 3.80. The van der Waals surface area contributed by atoms with Crippen LogP contribution in [0.3, 0.4) is 0 Å². The van der Waals surface area contributed by atoms with Gasteiger partial charge in [0.05, 0.1) is 21.3 Å². The van der Waals surface area contributed by atoms with Crippen LogP contribution in [0.5, 0.6) is 17.2 Å². The van der Waals surface area contributed by atoms with Gasteiger partial charge in [0.2, 0.25) is 5.91 Å². The van der Waals surface area contributed by atoms with Gasteiger partial charge in [0.25, 0.3) is 5.91 Å². The fourth-order valence-electron chi connectivity index (χ4n) is 5.25. The lowest BCUT2D eigenvalue weighted by atomic mass is 9.84. The molecule has 1 aliphatic heterocycles. The van der Waals surface area contributed by atoms with Crippen LogP contribution in [0.4, 0.5) is 0 Å². The fourth-order valence-corrected chi connectivity index (χ4v) is 5.25. The Bertz CT molecular complexity index is 994. The van der Waals surface area contributed by atoms with Crippen molar-refractivity contribution in [3.05, 3.63) is 53.6 Å². The molecule has 2 aromatic rings. The van der Waals surface area contributed by atoms with Crippen LogP contribution in [-0.4, -0.2) is 50.1 Å². The fraction of sp³-hybridized carbons (Fsp3) is 0.462. The number of nitrogens with one attached hydrogen (secondary N) is 1. The van der Waals surface area contributed by atoms with E-state index in [4.69, 9.17) is 14.2 Å². The summed E-state index contributed by atoms with van der Waals surface area (Å²) in [5.41, 5.74) is 1.41. The Labute approximate surface area is 195 Å². The molecule has 3 unspecified atom stereocenters. The molecule has 0 aromatic heterocycles. The van der Waals surface area contributed by atoms with Gasteiger partial charge in [-0.05, 0) is 43.4 Å². The van der Waals surface area contributed by atoms with E-state index in [-0.39, 0.29) is 24.4 Å². The molecule has 2 aromatic carbocycles. The number of hydrogen-bond acceptors (Lipinski definition) is 5. The SMILES string of the molecule is COc1cc(OC)c(OC)cc1CNC(=O)C1CC2CCCCC2N1C(=O)c1ccccc1. The van der Waals surface area contributed by atoms with Crippen LogP contribution < -0.4 is 19.5 Å². The number of hydrogen-bond donors (Lipinski definition) is 1. The van der Waals surface area contributed by atoms with E-state index in [1.807, 2.05) is 35.2 Å². The third kappa shape index (κ3) is 4.63. The average Bonchev–Trinajstić information content (AvgIpc) is 3.26. The number of benzene rings is 2. The van der Waals surface area contributed by atoms with Gasteiger partial charge in [-0.2, -0.15) is 0 Å². The monoisotopic (exact) mass is 452 g/mol. The average molecular weight is 453 g/mol. The number of methoxy groups -OCH3 is 3. The second kappa shape index (κ2) is 10.1. The zero-order chi connectivity index (χ0) is 23.4. The highest BCUT2D eigenvalue weighted by molar-refractivity contribution is 5.98. The second-order valence-electron chi connectivity index (χ2n) is 8.68. The van der Waals surface area contributed by atoms with Gasteiger partial charge in [-0.1, -0.05) is 31.0 Å². The van der Waals surface area contributed by atoms with Gasteiger partial charge >= 0.3 is 0 Å². The molecule has 176 valence electrons. The molecule has 0 spiro atoms. The number of nitrogens with zero attached hydrogens (tertiary/aromatic N) is 1. The Hall–Kier alpha value is -3.22. The first-order valence-corrected chi connectivity index (χ1v) is 11.5. The minimum Gasteiger partial charge on any atom is -0.496 e. The lowest BCUT2D eigenvalue weighted by molar-refractivity contribution is -0.125. The maximum atomic E-state index is 13.4. The van der Waals surface area contributed by atoms with Crippen LogP contribution in [-0.2, 0) is 11.3 Å². The number of ether oxygens (including phenoxy) is 3. The molecule has 7 nitrogen and oxygen atoms in total. The minimum atomic E-state index is -0.475. The number of carbonyl (C=O) groups is 2. The van der Waals surface area contributed by atoms with Crippen LogP contribution in [0.15, 0.2) is 42.5 Å². The summed E-state index contributed by atoms with van der Waals surface area (Å²) >= 11 is 0. The molecular formula is C26H32N2O5. The van der Waals surface area contributed by atoms with Crippen LogP contribution in [0.25, 0.3) is 0 Å². The highest BCUT2D eigenvalue weighted by Gasteiger charge is 2.47. The number of amides is 2. The van der Waals surface area contributed by atoms with Crippen molar-refractivity contribution in [1.82, 2.24) is 10.2 Å². The van der Waals surface area contributed by atoms with Crippen molar-refractivity contribution in [2.75, 3.05) is 21.3 Å². The summed E-state index contributed by atoms with van der Waals surface area (Å²) < 4.78 is 16.2. The molecule has 1 aliphatic carbocycles. The van der Waals surface area contributed by atoms with Crippen molar-refractivity contribution < 1.29 is 23.8 Å². The predicted molar refractivity (Wildman–Crippen MR) is 125 cm³/mol. The van der Waals surface area contributed by atoms with Gasteiger partial charge in [-0.25, -0.2) is 0 Å². The summed E-state index contributed by atoms with van der Waals surface area (Å²) in [5, 5.41) is 3.04. The molecule has 1 heterocycles. The van der Waals surface area contributed by atoms with Crippen LogP contribution in [0, 0.1) is 5.92 Å². The van der Waals surface area contributed by atoms with E-state index in [9.17, 15) is 9.59 Å². The summed E-state index contributed by atoms with van der Waals surface area (Å²) in [5.74, 6) is 1.90. The lowest BCUT2D eigenvalue weighted by Gasteiger charge is -2.33. The Morgan fingerprint density at radius 1 is 0.939 bits per heavy atom. The number of likely N-dealkylation sites (tertiary alicyclic amines) is 1. The van der Waals surface area contributed by atoms with E-state index in [0.717, 1.165) is 31.2 Å². The van der Waals surface area contributed by atoms with E-state index < -0.39 is 6.04 Å². The first kappa shape index (κ1) is 23.0. The maximum absolute atomic E-state index is 13.4. The van der Waals surface area contributed by atoms with Crippen molar-refractivity contribution >= 4 is 11.8 Å². The summed E-state index contributed by atoms with van der Waals surface area (Å²) in [7, 11) is 4.71. The zero-order valence-corrected chi connectivity index (χ0v) is 19.5. The van der Waals surface area contributed by atoms with Crippen LogP contribution in [0.2, 0.25) is 0 Å². The quantitative estimate of drug-likeness (QED) is 0.692. The van der Waals surface area contributed by atoms with Crippen molar-refractivity contribution in [2.45, 2.75) is 50.7 Å². The highest BCUT2D eigenvalue weighted by Crippen LogP contribution is 2.41. The smallest absolute Gasteiger partial charge is 0.254 e. The van der Waals surface area contributed by atoms with Crippen molar-refractivity contribution in [2.24, 2.45) is 5.92 Å². The van der Waals surface area contributed by atoms with Gasteiger partial charge < -0.3 is 24.4 Å². The standard InChI is InChI=1S/C26H32N2O5/c1-31-22-15-24(33-3)23(32-2)14-19(22)16-27-25(29)21-13-18-11-7-8-12-20(18)28(21)26(30)17-9-5-4-6-10-17/h4-6,9-10,14-15,18,20-21H,7-8,11-13,16H2,1-3H3,(H,27,29). The molecule has 33 heavy (non-hydrogen) atoms. The van der Waals surface area contributed by atoms with E-state index in [2.05, 4.69) is 5.32 Å². The Kier molecular flexibility index (Phi) is 7.06.